The molecule has 4 nitrogen and oxygen atoms in total. The van der Waals surface area contributed by atoms with E-state index in [0.29, 0.717) is 6.54 Å². The van der Waals surface area contributed by atoms with Crippen molar-refractivity contribution in [1.29, 1.82) is 0 Å². The molecule has 1 heterocycles. The molecule has 25 heavy (non-hydrogen) atoms. The molecule has 130 valence electrons. The summed E-state index contributed by atoms with van der Waals surface area (Å²) in [6, 6.07) is 15.9. The molecule has 0 spiro atoms. The zero-order valence-electron chi connectivity index (χ0n) is 15.0. The summed E-state index contributed by atoms with van der Waals surface area (Å²) in [7, 11) is 0. The second-order valence-corrected chi connectivity index (χ2v) is 6.84. The Balaban J connectivity index is 1.69. The van der Waals surface area contributed by atoms with Crippen molar-refractivity contribution >= 4 is 17.5 Å². The van der Waals surface area contributed by atoms with E-state index < -0.39 is 0 Å². The van der Waals surface area contributed by atoms with E-state index in [1.165, 1.54) is 0 Å². The molecule has 0 aliphatic carbocycles. The SMILES string of the molecule is Cc1ccc(C)c(NC(=O)[C@H]2CC(=O)N([C@H](C)c3ccccc3)C2)c1. The smallest absolute Gasteiger partial charge is 0.229 e. The van der Waals surface area contributed by atoms with Crippen molar-refractivity contribution in [2.75, 3.05) is 11.9 Å². The fraction of sp³-hybridized carbons (Fsp3) is 0.333. The van der Waals surface area contributed by atoms with Gasteiger partial charge in [0, 0.05) is 18.7 Å². The van der Waals surface area contributed by atoms with Gasteiger partial charge in [0.2, 0.25) is 11.8 Å². The molecule has 1 fully saturated rings. The first kappa shape index (κ1) is 17.2. The van der Waals surface area contributed by atoms with Gasteiger partial charge >= 0.3 is 0 Å². The Labute approximate surface area is 148 Å². The number of likely N-dealkylation sites (tertiary alicyclic amines) is 1. The van der Waals surface area contributed by atoms with Gasteiger partial charge in [0.15, 0.2) is 0 Å². The molecule has 4 heteroatoms. The third-order valence-corrected chi connectivity index (χ3v) is 4.93. The summed E-state index contributed by atoms with van der Waals surface area (Å²) in [6.45, 7) is 6.44. The van der Waals surface area contributed by atoms with E-state index in [9.17, 15) is 9.59 Å². The molecule has 2 amide bonds. The molecule has 3 rings (SSSR count). The van der Waals surface area contributed by atoms with E-state index >= 15 is 0 Å². The maximum Gasteiger partial charge on any atom is 0.229 e. The Hall–Kier alpha value is -2.62. The maximum atomic E-state index is 12.6. The van der Waals surface area contributed by atoms with Crippen LogP contribution in [0.3, 0.4) is 0 Å². The third-order valence-electron chi connectivity index (χ3n) is 4.93. The van der Waals surface area contributed by atoms with Gasteiger partial charge in [-0.15, -0.1) is 0 Å². The summed E-state index contributed by atoms with van der Waals surface area (Å²) < 4.78 is 0. The molecule has 0 radical (unpaired) electrons. The standard InChI is InChI=1S/C21H24N2O2/c1-14-9-10-15(2)19(11-14)22-21(25)18-12-20(24)23(13-18)16(3)17-7-5-4-6-8-17/h4-11,16,18H,12-13H2,1-3H3,(H,22,25)/t16-,18+/m1/s1. The Morgan fingerprint density at radius 1 is 1.16 bits per heavy atom. The minimum atomic E-state index is -0.307. The predicted octanol–water partition coefficient (Wildman–Crippen LogP) is 3.85. The van der Waals surface area contributed by atoms with Gasteiger partial charge in [-0.2, -0.15) is 0 Å². The number of benzene rings is 2. The van der Waals surface area contributed by atoms with Gasteiger partial charge < -0.3 is 10.2 Å². The van der Waals surface area contributed by atoms with Gasteiger partial charge in [0.1, 0.15) is 0 Å². The van der Waals surface area contributed by atoms with Crippen molar-refractivity contribution in [2.45, 2.75) is 33.2 Å². The van der Waals surface area contributed by atoms with Crippen LogP contribution in [0.4, 0.5) is 5.69 Å². The monoisotopic (exact) mass is 336 g/mol. The van der Waals surface area contributed by atoms with Crippen LogP contribution in [0.2, 0.25) is 0 Å². The van der Waals surface area contributed by atoms with Crippen LogP contribution in [0.5, 0.6) is 0 Å². The van der Waals surface area contributed by atoms with Crippen molar-refractivity contribution < 1.29 is 9.59 Å². The molecule has 0 aromatic heterocycles. The highest BCUT2D eigenvalue weighted by Gasteiger charge is 2.37. The summed E-state index contributed by atoms with van der Waals surface area (Å²) in [5.41, 5.74) is 4.04. The van der Waals surface area contributed by atoms with E-state index in [1.807, 2.05) is 74.2 Å². The van der Waals surface area contributed by atoms with Crippen LogP contribution in [0.15, 0.2) is 48.5 Å². The lowest BCUT2D eigenvalue weighted by Crippen LogP contribution is -2.30. The van der Waals surface area contributed by atoms with Crippen LogP contribution in [0.25, 0.3) is 0 Å². The third kappa shape index (κ3) is 3.73. The molecule has 2 aromatic rings. The summed E-state index contributed by atoms with van der Waals surface area (Å²) in [6.07, 6.45) is 0.272. The first-order valence-electron chi connectivity index (χ1n) is 8.68. The highest BCUT2D eigenvalue weighted by atomic mass is 16.2. The number of hydrogen-bond donors (Lipinski definition) is 1. The number of hydrogen-bond acceptors (Lipinski definition) is 2. The maximum absolute atomic E-state index is 12.6. The van der Waals surface area contributed by atoms with Crippen LogP contribution in [-0.4, -0.2) is 23.3 Å². The van der Waals surface area contributed by atoms with Crippen molar-refractivity contribution in [3.8, 4) is 0 Å². The van der Waals surface area contributed by atoms with Crippen LogP contribution in [0, 0.1) is 19.8 Å². The molecule has 2 aromatic carbocycles. The molecule has 1 aliphatic rings. The summed E-state index contributed by atoms with van der Waals surface area (Å²) in [5.74, 6) is -0.346. The number of anilines is 1. The van der Waals surface area contributed by atoms with Crippen LogP contribution in [-0.2, 0) is 9.59 Å². The zero-order chi connectivity index (χ0) is 18.0. The lowest BCUT2D eigenvalue weighted by Gasteiger charge is -2.25. The van der Waals surface area contributed by atoms with E-state index in [-0.39, 0.29) is 30.2 Å². The average molecular weight is 336 g/mol. The highest BCUT2D eigenvalue weighted by Crippen LogP contribution is 2.29. The molecular formula is C21H24N2O2. The van der Waals surface area contributed by atoms with Crippen molar-refractivity contribution in [3.05, 3.63) is 65.2 Å². The Morgan fingerprint density at radius 3 is 2.60 bits per heavy atom. The van der Waals surface area contributed by atoms with Gasteiger partial charge in [-0.3, -0.25) is 9.59 Å². The highest BCUT2D eigenvalue weighted by molar-refractivity contribution is 5.97. The number of carbonyl (C=O) groups is 2. The number of carbonyl (C=O) groups excluding carboxylic acids is 2. The lowest BCUT2D eigenvalue weighted by molar-refractivity contribution is -0.129. The number of aryl methyl sites for hydroxylation is 2. The lowest BCUT2D eigenvalue weighted by atomic mass is 10.1. The molecule has 0 bridgehead atoms. The van der Waals surface area contributed by atoms with Gasteiger partial charge in [0.25, 0.3) is 0 Å². The molecule has 0 saturated carbocycles. The summed E-state index contributed by atoms with van der Waals surface area (Å²) in [5, 5.41) is 2.99. The molecule has 1 N–H and O–H groups in total. The first-order valence-corrected chi connectivity index (χ1v) is 8.68. The first-order chi connectivity index (χ1) is 12.0. The topological polar surface area (TPSA) is 49.4 Å². The second-order valence-electron chi connectivity index (χ2n) is 6.84. The summed E-state index contributed by atoms with van der Waals surface area (Å²) >= 11 is 0. The van der Waals surface area contributed by atoms with Crippen LogP contribution in [0.1, 0.15) is 36.1 Å². The van der Waals surface area contributed by atoms with Gasteiger partial charge in [-0.05, 0) is 43.5 Å². The molecule has 1 aliphatic heterocycles. The largest absolute Gasteiger partial charge is 0.335 e. The van der Waals surface area contributed by atoms with Gasteiger partial charge in [0.05, 0.1) is 12.0 Å². The minimum Gasteiger partial charge on any atom is -0.335 e. The normalized spacial score (nSPS) is 18.3. The van der Waals surface area contributed by atoms with E-state index in [2.05, 4.69) is 5.32 Å². The number of rotatable bonds is 4. The van der Waals surface area contributed by atoms with Crippen molar-refractivity contribution in [2.24, 2.45) is 5.92 Å². The number of nitrogens with one attached hydrogen (secondary N) is 1. The molecule has 2 atom stereocenters. The quantitative estimate of drug-likeness (QED) is 0.922. The zero-order valence-corrected chi connectivity index (χ0v) is 15.0. The van der Waals surface area contributed by atoms with Crippen LogP contribution >= 0.6 is 0 Å². The van der Waals surface area contributed by atoms with Gasteiger partial charge in [-0.25, -0.2) is 0 Å². The molecule has 0 unspecified atom stereocenters. The Morgan fingerprint density at radius 2 is 1.88 bits per heavy atom. The van der Waals surface area contributed by atoms with Gasteiger partial charge in [-0.1, -0.05) is 42.5 Å². The predicted molar refractivity (Wildman–Crippen MR) is 99.2 cm³/mol. The molecule has 1 saturated heterocycles. The van der Waals surface area contributed by atoms with E-state index in [4.69, 9.17) is 0 Å². The second kappa shape index (κ2) is 7.09. The Bertz CT molecular complexity index is 786. The van der Waals surface area contributed by atoms with Crippen molar-refractivity contribution in [3.63, 3.8) is 0 Å². The number of amides is 2. The Kier molecular flexibility index (Phi) is 4.88. The summed E-state index contributed by atoms with van der Waals surface area (Å²) in [4.78, 5) is 26.9. The fourth-order valence-electron chi connectivity index (χ4n) is 3.30. The molecular weight excluding hydrogens is 312 g/mol. The van der Waals surface area contributed by atoms with E-state index in [0.717, 1.165) is 22.4 Å². The van der Waals surface area contributed by atoms with Crippen molar-refractivity contribution in [1.82, 2.24) is 4.90 Å². The fourth-order valence-corrected chi connectivity index (χ4v) is 3.30. The minimum absolute atomic E-state index is 0.0211. The number of nitrogens with zero attached hydrogens (tertiary/aromatic N) is 1. The van der Waals surface area contributed by atoms with E-state index in [1.54, 1.807) is 0 Å². The van der Waals surface area contributed by atoms with Crippen LogP contribution < -0.4 is 5.32 Å². The average Bonchev–Trinajstić information content (AvgIpc) is 3.00.